The first-order valence-electron chi connectivity index (χ1n) is 7.82. The highest BCUT2D eigenvalue weighted by molar-refractivity contribution is 7.20. The summed E-state index contributed by atoms with van der Waals surface area (Å²) in [4.78, 5) is 26.4. The van der Waals surface area contributed by atoms with Crippen LogP contribution in [0, 0.1) is 6.92 Å². The van der Waals surface area contributed by atoms with E-state index in [4.69, 9.17) is 4.74 Å². The molecule has 4 nitrogen and oxygen atoms in total. The Hall–Kier alpha value is -2.44. The lowest BCUT2D eigenvalue weighted by atomic mass is 10.1. The zero-order valence-corrected chi connectivity index (χ0v) is 15.5. The molecular formula is C19H17NO3S2. The number of rotatable bonds is 6. The Bertz CT molecular complexity index is 883. The summed E-state index contributed by atoms with van der Waals surface area (Å²) in [6.07, 6.45) is 0. The Morgan fingerprint density at radius 2 is 1.88 bits per heavy atom. The molecule has 3 rings (SSSR count). The van der Waals surface area contributed by atoms with Crippen molar-refractivity contribution in [2.75, 3.05) is 11.9 Å². The van der Waals surface area contributed by atoms with Crippen LogP contribution in [0.4, 0.5) is 10.7 Å². The Kier molecular flexibility index (Phi) is 5.31. The molecule has 0 amide bonds. The molecule has 0 saturated carbocycles. The number of ketones is 1. The van der Waals surface area contributed by atoms with Gasteiger partial charge in [0.1, 0.15) is 5.00 Å². The maximum Gasteiger partial charge on any atom is 0.341 e. The molecule has 0 spiro atoms. The van der Waals surface area contributed by atoms with Gasteiger partial charge in [-0.3, -0.25) is 4.79 Å². The monoisotopic (exact) mass is 371 g/mol. The van der Waals surface area contributed by atoms with Crippen LogP contribution in [0.2, 0.25) is 0 Å². The van der Waals surface area contributed by atoms with Gasteiger partial charge in [-0.05, 0) is 43.0 Å². The molecule has 2 aromatic heterocycles. The molecule has 0 unspecified atom stereocenters. The van der Waals surface area contributed by atoms with E-state index in [-0.39, 0.29) is 12.4 Å². The van der Waals surface area contributed by atoms with Crippen molar-refractivity contribution in [2.45, 2.75) is 13.8 Å². The summed E-state index contributed by atoms with van der Waals surface area (Å²) in [7, 11) is 0. The summed E-state index contributed by atoms with van der Waals surface area (Å²) in [6.45, 7) is 3.84. The first-order valence-corrected chi connectivity index (χ1v) is 9.52. The van der Waals surface area contributed by atoms with Crippen molar-refractivity contribution in [2.24, 2.45) is 0 Å². The van der Waals surface area contributed by atoms with Gasteiger partial charge in [-0.15, -0.1) is 22.7 Å². The summed E-state index contributed by atoms with van der Waals surface area (Å²) < 4.78 is 5.19. The largest absolute Gasteiger partial charge is 0.462 e. The second-order valence-electron chi connectivity index (χ2n) is 5.28. The van der Waals surface area contributed by atoms with Gasteiger partial charge in [0.15, 0.2) is 0 Å². The molecule has 0 fully saturated rings. The van der Waals surface area contributed by atoms with Crippen molar-refractivity contribution in [3.63, 3.8) is 0 Å². The lowest BCUT2D eigenvalue weighted by Crippen LogP contribution is -2.08. The van der Waals surface area contributed by atoms with Crippen LogP contribution in [-0.4, -0.2) is 18.4 Å². The summed E-state index contributed by atoms with van der Waals surface area (Å²) in [5.41, 5.74) is 1.93. The van der Waals surface area contributed by atoms with Gasteiger partial charge in [-0.25, -0.2) is 4.79 Å². The third-order valence-corrected chi connectivity index (χ3v) is 5.68. The number of esters is 1. The number of hydrogen-bond donors (Lipinski definition) is 1. The van der Waals surface area contributed by atoms with Gasteiger partial charge in [0.2, 0.25) is 5.78 Å². The predicted octanol–water partition coefficient (Wildman–Crippen LogP) is 5.27. The van der Waals surface area contributed by atoms with Gasteiger partial charge in [0.25, 0.3) is 0 Å². The van der Waals surface area contributed by atoms with Crippen molar-refractivity contribution in [1.82, 2.24) is 0 Å². The molecule has 0 saturated heterocycles. The van der Waals surface area contributed by atoms with E-state index in [2.05, 4.69) is 5.32 Å². The molecule has 0 aliphatic rings. The molecule has 0 aliphatic carbocycles. The van der Waals surface area contributed by atoms with Crippen molar-refractivity contribution in [3.8, 4) is 0 Å². The number of ether oxygens (including phenoxy) is 1. The van der Waals surface area contributed by atoms with Gasteiger partial charge in [0.05, 0.1) is 21.9 Å². The van der Waals surface area contributed by atoms with E-state index in [1.807, 2.05) is 41.8 Å². The fraction of sp³-hybridized carbons (Fsp3) is 0.158. The maximum absolute atomic E-state index is 12.8. The molecule has 0 bridgehead atoms. The molecule has 128 valence electrons. The topological polar surface area (TPSA) is 55.4 Å². The number of carbonyl (C=O) groups excluding carboxylic acids is 2. The van der Waals surface area contributed by atoms with E-state index >= 15 is 0 Å². The van der Waals surface area contributed by atoms with Gasteiger partial charge < -0.3 is 10.1 Å². The highest BCUT2D eigenvalue weighted by atomic mass is 32.1. The van der Waals surface area contributed by atoms with Crippen molar-refractivity contribution in [3.05, 3.63) is 68.7 Å². The third kappa shape index (κ3) is 3.65. The second kappa shape index (κ2) is 7.63. The van der Waals surface area contributed by atoms with E-state index in [0.717, 1.165) is 5.69 Å². The van der Waals surface area contributed by atoms with Crippen molar-refractivity contribution >= 4 is 45.1 Å². The molecule has 0 radical (unpaired) electrons. The van der Waals surface area contributed by atoms with Crippen LogP contribution in [0.3, 0.4) is 0 Å². The van der Waals surface area contributed by atoms with Gasteiger partial charge in [-0.1, -0.05) is 24.3 Å². The molecule has 1 aromatic carbocycles. The Balaban J connectivity index is 2.04. The van der Waals surface area contributed by atoms with E-state index < -0.39 is 5.97 Å². The van der Waals surface area contributed by atoms with Crippen LogP contribution in [0.15, 0.2) is 47.8 Å². The molecule has 0 aliphatic heterocycles. The molecular weight excluding hydrogens is 354 g/mol. The summed E-state index contributed by atoms with van der Waals surface area (Å²) in [5.74, 6) is -0.482. The van der Waals surface area contributed by atoms with Gasteiger partial charge in [0, 0.05) is 5.69 Å². The van der Waals surface area contributed by atoms with Crippen molar-refractivity contribution < 1.29 is 14.3 Å². The van der Waals surface area contributed by atoms with Gasteiger partial charge in [-0.2, -0.15) is 0 Å². The standard InChI is InChI=1S/C19H17NO3S2/c1-3-23-19(22)15-12(2)17(16(21)14-10-7-11-24-14)25-18(15)20-13-8-5-4-6-9-13/h4-11,20H,3H2,1-2H3. The highest BCUT2D eigenvalue weighted by Gasteiger charge is 2.26. The fourth-order valence-corrected chi connectivity index (χ4v) is 4.34. The van der Waals surface area contributed by atoms with Crippen LogP contribution in [-0.2, 0) is 4.74 Å². The predicted molar refractivity (Wildman–Crippen MR) is 102 cm³/mol. The van der Waals surface area contributed by atoms with Crippen LogP contribution in [0.5, 0.6) is 0 Å². The third-order valence-electron chi connectivity index (χ3n) is 3.61. The normalized spacial score (nSPS) is 10.5. The Morgan fingerprint density at radius 3 is 2.52 bits per heavy atom. The summed E-state index contributed by atoms with van der Waals surface area (Å²) in [6, 6.07) is 13.2. The quantitative estimate of drug-likeness (QED) is 0.474. The second-order valence-corrected chi connectivity index (χ2v) is 7.25. The molecule has 0 atom stereocenters. The SMILES string of the molecule is CCOC(=O)c1c(Nc2ccccc2)sc(C(=O)c2cccs2)c1C. The zero-order valence-electron chi connectivity index (χ0n) is 13.9. The fourth-order valence-electron chi connectivity index (χ4n) is 2.44. The first kappa shape index (κ1) is 17.4. The molecule has 3 aromatic rings. The van der Waals surface area contributed by atoms with E-state index in [0.29, 0.717) is 25.9 Å². The number of para-hydroxylation sites is 1. The zero-order chi connectivity index (χ0) is 17.8. The lowest BCUT2D eigenvalue weighted by molar-refractivity contribution is 0.0527. The Morgan fingerprint density at radius 1 is 1.12 bits per heavy atom. The molecule has 2 heterocycles. The first-order chi connectivity index (χ1) is 12.1. The average molecular weight is 371 g/mol. The van der Waals surface area contributed by atoms with Crippen LogP contribution in [0.25, 0.3) is 0 Å². The highest BCUT2D eigenvalue weighted by Crippen LogP contribution is 2.37. The van der Waals surface area contributed by atoms with E-state index in [9.17, 15) is 9.59 Å². The number of nitrogens with one attached hydrogen (secondary N) is 1. The number of hydrogen-bond acceptors (Lipinski definition) is 6. The smallest absolute Gasteiger partial charge is 0.341 e. The van der Waals surface area contributed by atoms with Gasteiger partial charge >= 0.3 is 5.97 Å². The van der Waals surface area contributed by atoms with Crippen LogP contribution < -0.4 is 5.32 Å². The minimum absolute atomic E-state index is 0.0656. The van der Waals surface area contributed by atoms with E-state index in [1.54, 1.807) is 19.9 Å². The van der Waals surface area contributed by atoms with Crippen LogP contribution in [0.1, 0.15) is 37.4 Å². The maximum atomic E-state index is 12.8. The number of anilines is 2. The number of thiophene rings is 2. The summed E-state index contributed by atoms with van der Waals surface area (Å²) >= 11 is 2.68. The molecule has 25 heavy (non-hydrogen) atoms. The molecule has 6 heteroatoms. The minimum atomic E-state index is -0.417. The minimum Gasteiger partial charge on any atom is -0.462 e. The van der Waals surface area contributed by atoms with Crippen molar-refractivity contribution in [1.29, 1.82) is 0 Å². The lowest BCUT2D eigenvalue weighted by Gasteiger charge is -2.07. The molecule has 1 N–H and O–H groups in total. The average Bonchev–Trinajstić information content (AvgIpc) is 3.24. The van der Waals surface area contributed by atoms with E-state index in [1.165, 1.54) is 22.7 Å². The number of carbonyl (C=O) groups is 2. The Labute approximate surface area is 154 Å². The van der Waals surface area contributed by atoms with Crippen LogP contribution >= 0.6 is 22.7 Å². The number of benzene rings is 1. The summed E-state index contributed by atoms with van der Waals surface area (Å²) in [5, 5.41) is 5.74.